The van der Waals surface area contributed by atoms with Gasteiger partial charge in [0.25, 0.3) is 0 Å². The summed E-state index contributed by atoms with van der Waals surface area (Å²) in [5.74, 6) is 2.71. The molecule has 0 spiro atoms. The van der Waals surface area contributed by atoms with E-state index >= 15 is 0 Å². The summed E-state index contributed by atoms with van der Waals surface area (Å²) < 4.78 is 0. The first kappa shape index (κ1) is 10.4. The molecule has 72 valence electrons. The van der Waals surface area contributed by atoms with Crippen LogP contribution in [0.25, 0.3) is 0 Å². The summed E-state index contributed by atoms with van der Waals surface area (Å²) >= 11 is 2.09. The van der Waals surface area contributed by atoms with Crippen molar-refractivity contribution in [1.29, 1.82) is 0 Å². The van der Waals surface area contributed by atoms with E-state index < -0.39 is 0 Å². The molecule has 1 rings (SSSR count). The normalized spacial score (nSPS) is 23.2. The minimum absolute atomic E-state index is 0.830. The Morgan fingerprint density at radius 2 is 2.25 bits per heavy atom. The second kappa shape index (κ2) is 6.79. The molecule has 1 atom stereocenters. The molecule has 0 aromatic heterocycles. The van der Waals surface area contributed by atoms with Crippen molar-refractivity contribution in [3.05, 3.63) is 0 Å². The van der Waals surface area contributed by atoms with Gasteiger partial charge in [0.05, 0.1) is 0 Å². The molecule has 0 saturated carbocycles. The lowest BCUT2D eigenvalue weighted by Gasteiger charge is -2.10. The third kappa shape index (κ3) is 4.36. The minimum atomic E-state index is 0.830. The van der Waals surface area contributed by atoms with Crippen molar-refractivity contribution in [3.8, 4) is 0 Å². The maximum Gasteiger partial charge on any atom is 0.0166 e. The summed E-state index contributed by atoms with van der Waals surface area (Å²) in [5.41, 5.74) is 0. The molecule has 1 aliphatic heterocycles. The molecule has 0 aliphatic carbocycles. The first-order valence-electron chi connectivity index (χ1n) is 5.24. The number of hydrogen-bond donors (Lipinski definition) is 1. The van der Waals surface area contributed by atoms with Crippen LogP contribution in [0.5, 0.6) is 0 Å². The Morgan fingerprint density at radius 3 is 2.92 bits per heavy atom. The van der Waals surface area contributed by atoms with Crippen molar-refractivity contribution in [3.63, 3.8) is 0 Å². The SMILES string of the molecule is CCCCCCN[C@@H]1CCSC1. The maximum absolute atomic E-state index is 3.62. The lowest BCUT2D eigenvalue weighted by atomic mass is 10.2. The average Bonchev–Trinajstić information content (AvgIpc) is 2.57. The fourth-order valence-electron chi connectivity index (χ4n) is 1.55. The Kier molecular flexibility index (Phi) is 5.88. The Bertz CT molecular complexity index is 100. The topological polar surface area (TPSA) is 12.0 Å². The van der Waals surface area contributed by atoms with Gasteiger partial charge in [0.1, 0.15) is 0 Å². The van der Waals surface area contributed by atoms with E-state index in [0.29, 0.717) is 0 Å². The lowest BCUT2D eigenvalue weighted by Crippen LogP contribution is -2.29. The van der Waals surface area contributed by atoms with Gasteiger partial charge in [-0.1, -0.05) is 26.2 Å². The van der Waals surface area contributed by atoms with Crippen LogP contribution in [0.1, 0.15) is 39.0 Å². The highest BCUT2D eigenvalue weighted by atomic mass is 32.2. The van der Waals surface area contributed by atoms with E-state index in [4.69, 9.17) is 0 Å². The van der Waals surface area contributed by atoms with Crippen molar-refractivity contribution in [2.75, 3.05) is 18.1 Å². The quantitative estimate of drug-likeness (QED) is 0.642. The molecule has 0 aromatic carbocycles. The van der Waals surface area contributed by atoms with Crippen molar-refractivity contribution in [2.45, 2.75) is 45.1 Å². The van der Waals surface area contributed by atoms with E-state index in [9.17, 15) is 0 Å². The van der Waals surface area contributed by atoms with Crippen molar-refractivity contribution in [2.24, 2.45) is 0 Å². The summed E-state index contributed by atoms with van der Waals surface area (Å²) in [6.45, 7) is 3.51. The Labute approximate surface area is 80.7 Å². The van der Waals surface area contributed by atoms with Crippen molar-refractivity contribution < 1.29 is 0 Å². The monoisotopic (exact) mass is 187 g/mol. The lowest BCUT2D eigenvalue weighted by molar-refractivity contribution is 0.527. The molecule has 1 N–H and O–H groups in total. The predicted molar refractivity (Wildman–Crippen MR) is 57.9 cm³/mol. The second-order valence-corrected chi connectivity index (χ2v) is 4.73. The van der Waals surface area contributed by atoms with Gasteiger partial charge in [-0.05, 0) is 25.1 Å². The highest BCUT2D eigenvalue weighted by Gasteiger charge is 2.13. The van der Waals surface area contributed by atoms with Gasteiger partial charge in [-0.3, -0.25) is 0 Å². The van der Waals surface area contributed by atoms with Gasteiger partial charge in [0.2, 0.25) is 0 Å². The van der Waals surface area contributed by atoms with Crippen LogP contribution in [0.15, 0.2) is 0 Å². The summed E-state index contributed by atoms with van der Waals surface area (Å²) in [6, 6.07) is 0.830. The molecule has 1 fully saturated rings. The number of nitrogens with one attached hydrogen (secondary N) is 1. The zero-order valence-electron chi connectivity index (χ0n) is 8.14. The molecule has 1 nitrogen and oxygen atoms in total. The van der Waals surface area contributed by atoms with Crippen LogP contribution in [0, 0.1) is 0 Å². The third-order valence-electron chi connectivity index (χ3n) is 2.39. The number of thioether (sulfide) groups is 1. The standard InChI is InChI=1S/C10H21NS/c1-2-3-4-5-7-11-10-6-8-12-9-10/h10-11H,2-9H2,1H3/t10-/m1/s1. The number of unbranched alkanes of at least 4 members (excludes halogenated alkanes) is 3. The van der Waals surface area contributed by atoms with E-state index in [1.54, 1.807) is 0 Å². The summed E-state index contributed by atoms with van der Waals surface area (Å²) in [7, 11) is 0. The van der Waals surface area contributed by atoms with Gasteiger partial charge in [0.15, 0.2) is 0 Å². The highest BCUT2D eigenvalue weighted by Crippen LogP contribution is 2.16. The van der Waals surface area contributed by atoms with Crippen LogP contribution in [0.4, 0.5) is 0 Å². The van der Waals surface area contributed by atoms with Gasteiger partial charge >= 0.3 is 0 Å². The van der Waals surface area contributed by atoms with Crippen molar-refractivity contribution >= 4 is 11.8 Å². The smallest absolute Gasteiger partial charge is 0.0166 e. The van der Waals surface area contributed by atoms with E-state index in [1.807, 2.05) is 0 Å². The van der Waals surface area contributed by atoms with Gasteiger partial charge in [-0.15, -0.1) is 0 Å². The minimum Gasteiger partial charge on any atom is -0.313 e. The van der Waals surface area contributed by atoms with E-state index in [2.05, 4.69) is 24.0 Å². The second-order valence-electron chi connectivity index (χ2n) is 3.58. The highest BCUT2D eigenvalue weighted by molar-refractivity contribution is 7.99. The fourth-order valence-corrected chi connectivity index (χ4v) is 2.74. The fraction of sp³-hybridized carbons (Fsp3) is 1.00. The van der Waals surface area contributed by atoms with Gasteiger partial charge in [0, 0.05) is 11.8 Å². The Balaban J connectivity index is 1.81. The number of rotatable bonds is 6. The first-order chi connectivity index (χ1) is 5.93. The molecular weight excluding hydrogens is 166 g/mol. The van der Waals surface area contributed by atoms with E-state index in [-0.39, 0.29) is 0 Å². The van der Waals surface area contributed by atoms with E-state index in [0.717, 1.165) is 6.04 Å². The Hall–Kier alpha value is 0.310. The molecule has 12 heavy (non-hydrogen) atoms. The summed E-state index contributed by atoms with van der Waals surface area (Å²) in [5, 5.41) is 3.62. The molecule has 1 heterocycles. The molecule has 0 bridgehead atoms. The van der Waals surface area contributed by atoms with Gasteiger partial charge in [-0.25, -0.2) is 0 Å². The molecular formula is C10H21NS. The van der Waals surface area contributed by atoms with Gasteiger partial charge < -0.3 is 5.32 Å². The molecule has 0 amide bonds. The molecule has 0 unspecified atom stereocenters. The zero-order valence-corrected chi connectivity index (χ0v) is 8.96. The van der Waals surface area contributed by atoms with Crippen LogP contribution in [0.2, 0.25) is 0 Å². The van der Waals surface area contributed by atoms with Crippen LogP contribution < -0.4 is 5.32 Å². The summed E-state index contributed by atoms with van der Waals surface area (Å²) in [6.07, 6.45) is 6.91. The number of hydrogen-bond acceptors (Lipinski definition) is 2. The van der Waals surface area contributed by atoms with Crippen LogP contribution in [-0.4, -0.2) is 24.1 Å². The molecule has 0 radical (unpaired) electrons. The molecule has 0 aromatic rings. The van der Waals surface area contributed by atoms with Crippen molar-refractivity contribution in [1.82, 2.24) is 5.32 Å². The summed E-state index contributed by atoms with van der Waals surface area (Å²) in [4.78, 5) is 0. The predicted octanol–water partition coefficient (Wildman–Crippen LogP) is 2.66. The molecule has 1 aliphatic rings. The third-order valence-corrected chi connectivity index (χ3v) is 3.56. The first-order valence-corrected chi connectivity index (χ1v) is 6.40. The Morgan fingerprint density at radius 1 is 1.33 bits per heavy atom. The largest absolute Gasteiger partial charge is 0.313 e. The van der Waals surface area contributed by atoms with Gasteiger partial charge in [-0.2, -0.15) is 11.8 Å². The van der Waals surface area contributed by atoms with Crippen LogP contribution >= 0.6 is 11.8 Å². The maximum atomic E-state index is 3.62. The zero-order chi connectivity index (χ0) is 8.65. The van der Waals surface area contributed by atoms with Crippen LogP contribution in [0.3, 0.4) is 0 Å². The molecule has 2 heteroatoms. The molecule has 1 saturated heterocycles. The van der Waals surface area contributed by atoms with E-state index in [1.165, 1.54) is 50.2 Å². The average molecular weight is 187 g/mol. The van der Waals surface area contributed by atoms with Crippen LogP contribution in [-0.2, 0) is 0 Å².